The van der Waals surface area contributed by atoms with E-state index < -0.39 is 5.97 Å². The lowest BCUT2D eigenvalue weighted by Gasteiger charge is -2.19. The van der Waals surface area contributed by atoms with Crippen LogP contribution in [0.2, 0.25) is 0 Å². The van der Waals surface area contributed by atoms with E-state index in [-0.39, 0.29) is 32.4 Å². The molecule has 2 aliphatic rings. The van der Waals surface area contributed by atoms with Gasteiger partial charge in [0.05, 0.1) is 33.0 Å². The summed E-state index contributed by atoms with van der Waals surface area (Å²) in [5.74, 6) is 1.58. The van der Waals surface area contributed by atoms with E-state index in [0.29, 0.717) is 51.2 Å². The molecule has 0 radical (unpaired) electrons. The predicted octanol–water partition coefficient (Wildman–Crippen LogP) is 3.28. The molecule has 0 aromatic heterocycles. The van der Waals surface area contributed by atoms with Crippen molar-refractivity contribution in [3.8, 4) is 45.6 Å². The Hall–Kier alpha value is -3.33. The van der Waals surface area contributed by atoms with E-state index >= 15 is 0 Å². The van der Waals surface area contributed by atoms with E-state index in [1.165, 1.54) is 14.2 Å². The van der Waals surface area contributed by atoms with Crippen LogP contribution >= 0.6 is 0 Å². The maximum atomic E-state index is 13.1. The van der Waals surface area contributed by atoms with Crippen molar-refractivity contribution in [1.82, 2.24) is 0 Å². The van der Waals surface area contributed by atoms with Crippen molar-refractivity contribution in [2.75, 3.05) is 34.4 Å². The SMILES string of the molecule is CCCCOC(=O)c1cc(OC)c2c(c1-c1c(CO)cc(OC)c3c1OCO3)OCO2. The molecule has 0 spiro atoms. The van der Waals surface area contributed by atoms with Crippen LogP contribution in [0, 0.1) is 0 Å². The van der Waals surface area contributed by atoms with Gasteiger partial charge >= 0.3 is 5.97 Å². The third-order valence-electron chi connectivity index (χ3n) is 5.11. The van der Waals surface area contributed by atoms with Crippen LogP contribution in [0.5, 0.6) is 34.5 Å². The van der Waals surface area contributed by atoms with Crippen LogP contribution in [0.15, 0.2) is 12.1 Å². The molecule has 0 amide bonds. The number of fused-ring (bicyclic) bond motifs is 2. The van der Waals surface area contributed by atoms with E-state index in [9.17, 15) is 9.90 Å². The standard InChI is InChI=1S/C22H24O9/c1-4-5-6-27-22(24)13-8-15(26-3)19-21(31-11-29-19)17(13)16-12(9-23)7-14(25-2)18-20(16)30-10-28-18/h7-8,23H,4-6,9-11H2,1-3H3. The van der Waals surface area contributed by atoms with Crippen LogP contribution in [-0.2, 0) is 11.3 Å². The van der Waals surface area contributed by atoms with E-state index in [1.807, 2.05) is 6.92 Å². The molecule has 0 fully saturated rings. The van der Waals surface area contributed by atoms with Crippen molar-refractivity contribution in [2.45, 2.75) is 26.4 Å². The lowest BCUT2D eigenvalue weighted by Crippen LogP contribution is -2.10. The fourth-order valence-corrected chi connectivity index (χ4v) is 3.63. The molecule has 2 aliphatic heterocycles. The van der Waals surface area contributed by atoms with Gasteiger partial charge in [-0.2, -0.15) is 0 Å². The van der Waals surface area contributed by atoms with Crippen molar-refractivity contribution in [3.63, 3.8) is 0 Å². The average molecular weight is 432 g/mol. The number of hydrogen-bond acceptors (Lipinski definition) is 9. The summed E-state index contributed by atoms with van der Waals surface area (Å²) in [5.41, 5.74) is 1.49. The summed E-state index contributed by atoms with van der Waals surface area (Å²) in [6, 6.07) is 3.19. The number of rotatable bonds is 8. The Balaban J connectivity index is 1.98. The molecule has 9 nitrogen and oxygen atoms in total. The van der Waals surface area contributed by atoms with Crippen LogP contribution in [0.25, 0.3) is 11.1 Å². The zero-order valence-corrected chi connectivity index (χ0v) is 17.6. The topological polar surface area (TPSA) is 102 Å². The largest absolute Gasteiger partial charge is 0.493 e. The Morgan fingerprint density at radius 2 is 1.52 bits per heavy atom. The van der Waals surface area contributed by atoms with E-state index in [2.05, 4.69) is 0 Å². The molecule has 0 aliphatic carbocycles. The summed E-state index contributed by atoms with van der Waals surface area (Å²) >= 11 is 0. The second-order valence-electron chi connectivity index (χ2n) is 6.89. The molecular formula is C22H24O9. The summed E-state index contributed by atoms with van der Waals surface area (Å²) in [6.45, 7) is 1.87. The summed E-state index contributed by atoms with van der Waals surface area (Å²) in [5, 5.41) is 10.1. The fourth-order valence-electron chi connectivity index (χ4n) is 3.63. The number of hydrogen-bond donors (Lipinski definition) is 1. The molecule has 0 saturated carbocycles. The predicted molar refractivity (Wildman–Crippen MR) is 108 cm³/mol. The molecule has 0 saturated heterocycles. The lowest BCUT2D eigenvalue weighted by atomic mass is 9.92. The van der Waals surface area contributed by atoms with Gasteiger partial charge in [-0.1, -0.05) is 13.3 Å². The number of carbonyl (C=O) groups is 1. The van der Waals surface area contributed by atoms with Gasteiger partial charge in [0.2, 0.25) is 25.1 Å². The van der Waals surface area contributed by atoms with Gasteiger partial charge in [0.25, 0.3) is 0 Å². The highest BCUT2D eigenvalue weighted by atomic mass is 16.7. The van der Waals surface area contributed by atoms with Gasteiger partial charge in [0, 0.05) is 11.1 Å². The highest BCUT2D eigenvalue weighted by molar-refractivity contribution is 6.03. The molecule has 9 heteroatoms. The van der Waals surface area contributed by atoms with E-state index in [4.69, 9.17) is 33.2 Å². The number of ether oxygens (including phenoxy) is 7. The monoisotopic (exact) mass is 432 g/mol. The van der Waals surface area contributed by atoms with Crippen molar-refractivity contribution in [2.24, 2.45) is 0 Å². The molecule has 2 aromatic carbocycles. The number of aliphatic hydroxyl groups is 1. The Kier molecular flexibility index (Phi) is 5.94. The number of aliphatic hydroxyl groups excluding tert-OH is 1. The van der Waals surface area contributed by atoms with Crippen LogP contribution in [0.4, 0.5) is 0 Å². The summed E-state index contributed by atoms with van der Waals surface area (Å²) < 4.78 is 38.9. The molecule has 0 bridgehead atoms. The summed E-state index contributed by atoms with van der Waals surface area (Å²) in [7, 11) is 2.97. The molecule has 0 atom stereocenters. The van der Waals surface area contributed by atoms with Crippen molar-refractivity contribution < 1.29 is 43.1 Å². The van der Waals surface area contributed by atoms with Gasteiger partial charge < -0.3 is 38.3 Å². The molecule has 1 N–H and O–H groups in total. The van der Waals surface area contributed by atoms with Crippen LogP contribution in [-0.4, -0.2) is 45.5 Å². The van der Waals surface area contributed by atoms with Crippen molar-refractivity contribution in [1.29, 1.82) is 0 Å². The number of methoxy groups -OCH3 is 2. The van der Waals surface area contributed by atoms with Crippen LogP contribution in [0.3, 0.4) is 0 Å². The highest BCUT2D eigenvalue weighted by Gasteiger charge is 2.36. The Morgan fingerprint density at radius 3 is 2.10 bits per heavy atom. The Bertz CT molecular complexity index is 999. The molecule has 2 aromatic rings. The first-order valence-corrected chi connectivity index (χ1v) is 9.92. The molecule has 2 heterocycles. The smallest absolute Gasteiger partial charge is 0.339 e. The summed E-state index contributed by atoms with van der Waals surface area (Å²) in [6.07, 6.45) is 1.62. The van der Waals surface area contributed by atoms with Crippen LogP contribution < -0.4 is 28.4 Å². The maximum absolute atomic E-state index is 13.1. The average Bonchev–Trinajstić information content (AvgIpc) is 3.47. The number of unbranched alkanes of at least 4 members (excludes halogenated alkanes) is 1. The van der Waals surface area contributed by atoms with Gasteiger partial charge in [-0.15, -0.1) is 0 Å². The molecule has 0 unspecified atom stereocenters. The fraction of sp³-hybridized carbons (Fsp3) is 0.409. The first-order valence-electron chi connectivity index (χ1n) is 9.92. The number of carbonyl (C=O) groups excluding carboxylic acids is 1. The van der Waals surface area contributed by atoms with Crippen molar-refractivity contribution in [3.05, 3.63) is 23.3 Å². The Labute approximate surface area is 179 Å². The minimum absolute atomic E-state index is 0.0282. The van der Waals surface area contributed by atoms with Gasteiger partial charge in [-0.05, 0) is 24.1 Å². The van der Waals surface area contributed by atoms with Gasteiger partial charge in [-0.25, -0.2) is 4.79 Å². The first kappa shape index (κ1) is 20.9. The highest BCUT2D eigenvalue weighted by Crippen LogP contribution is 2.56. The van der Waals surface area contributed by atoms with E-state index in [0.717, 1.165) is 12.8 Å². The second-order valence-corrected chi connectivity index (χ2v) is 6.89. The Morgan fingerprint density at radius 1 is 0.935 bits per heavy atom. The summed E-state index contributed by atoms with van der Waals surface area (Å²) in [4.78, 5) is 13.1. The first-order chi connectivity index (χ1) is 15.1. The minimum atomic E-state index is -0.549. The van der Waals surface area contributed by atoms with Crippen molar-refractivity contribution >= 4 is 5.97 Å². The normalized spacial score (nSPS) is 13.3. The lowest BCUT2D eigenvalue weighted by molar-refractivity contribution is 0.0500. The maximum Gasteiger partial charge on any atom is 0.339 e. The van der Waals surface area contributed by atoms with E-state index in [1.54, 1.807) is 12.1 Å². The minimum Gasteiger partial charge on any atom is -0.493 e. The third kappa shape index (κ3) is 3.54. The molecular weight excluding hydrogens is 408 g/mol. The van der Waals surface area contributed by atoms with Gasteiger partial charge in [0.1, 0.15) is 0 Å². The van der Waals surface area contributed by atoms with Crippen LogP contribution in [0.1, 0.15) is 35.7 Å². The zero-order chi connectivity index (χ0) is 22.0. The number of benzene rings is 2. The number of esters is 1. The third-order valence-corrected chi connectivity index (χ3v) is 5.11. The quantitative estimate of drug-likeness (QED) is 0.497. The molecule has 31 heavy (non-hydrogen) atoms. The zero-order valence-electron chi connectivity index (χ0n) is 17.6. The molecule has 166 valence electrons. The van der Waals surface area contributed by atoms with Gasteiger partial charge in [0.15, 0.2) is 23.0 Å². The van der Waals surface area contributed by atoms with Gasteiger partial charge in [-0.3, -0.25) is 0 Å². The molecule has 4 rings (SSSR count). The second kappa shape index (κ2) is 8.81.